The van der Waals surface area contributed by atoms with Crippen LogP contribution in [0.4, 0.5) is 0 Å². The Hall–Kier alpha value is -3.19. The van der Waals surface area contributed by atoms with Crippen LogP contribution in [-0.2, 0) is 9.53 Å². The van der Waals surface area contributed by atoms with Crippen molar-refractivity contribution in [1.29, 1.82) is 0 Å². The van der Waals surface area contributed by atoms with Gasteiger partial charge in [0, 0.05) is 11.1 Å². The first kappa shape index (κ1) is 20.7. The largest absolute Gasteiger partial charge is 0.451 e. The van der Waals surface area contributed by atoms with Gasteiger partial charge in [-0.15, -0.1) is 0 Å². The van der Waals surface area contributed by atoms with Gasteiger partial charge in [-0.2, -0.15) is 5.10 Å². The van der Waals surface area contributed by atoms with Gasteiger partial charge in [0.25, 0.3) is 0 Å². The van der Waals surface area contributed by atoms with Crippen molar-refractivity contribution in [2.24, 2.45) is 0 Å². The molecule has 5 rings (SSSR count). The van der Waals surface area contributed by atoms with Gasteiger partial charge < -0.3 is 4.74 Å². The van der Waals surface area contributed by atoms with E-state index in [1.54, 1.807) is 0 Å². The van der Waals surface area contributed by atoms with Crippen molar-refractivity contribution in [2.75, 3.05) is 0 Å². The predicted molar refractivity (Wildman–Crippen MR) is 134 cm³/mol. The molecule has 0 aliphatic carbocycles. The molecule has 0 amide bonds. The molecule has 0 N–H and O–H groups in total. The van der Waals surface area contributed by atoms with Crippen molar-refractivity contribution < 1.29 is 9.53 Å². The van der Waals surface area contributed by atoms with E-state index in [0.717, 1.165) is 37.3 Å². The lowest BCUT2D eigenvalue weighted by molar-refractivity contribution is -0.139. The molecule has 0 radical (unpaired) electrons. The number of rotatable bonds is 4. The van der Waals surface area contributed by atoms with Crippen LogP contribution >= 0.6 is 22.6 Å². The zero-order valence-corrected chi connectivity index (χ0v) is 19.7. The summed E-state index contributed by atoms with van der Waals surface area (Å²) in [5, 5.41) is 4.99. The maximum absolute atomic E-state index is 12.6. The van der Waals surface area contributed by atoms with Crippen LogP contribution in [0.1, 0.15) is 28.8 Å². The number of hydrogen-bond donors (Lipinski definition) is 0. The minimum atomic E-state index is -0.531. The van der Waals surface area contributed by atoms with E-state index in [4.69, 9.17) is 9.84 Å². The second-order valence-electron chi connectivity index (χ2n) is 7.90. The van der Waals surface area contributed by atoms with E-state index < -0.39 is 6.10 Å². The van der Waals surface area contributed by atoms with Gasteiger partial charge in [0.2, 0.25) is 0 Å². The van der Waals surface area contributed by atoms with Crippen LogP contribution < -0.4 is 0 Å². The van der Waals surface area contributed by atoms with Gasteiger partial charge in [-0.25, -0.2) is 9.48 Å². The third kappa shape index (κ3) is 3.56. The molecule has 3 aromatic carbocycles. The quantitative estimate of drug-likeness (QED) is 0.174. The first-order chi connectivity index (χ1) is 15.5. The number of carbonyl (C=O) groups is 1. The molecular weight excluding hydrogens is 511 g/mol. The summed E-state index contributed by atoms with van der Waals surface area (Å²) in [6, 6.07) is 28.4. The van der Waals surface area contributed by atoms with Gasteiger partial charge >= 0.3 is 5.97 Å². The summed E-state index contributed by atoms with van der Waals surface area (Å²) in [4.78, 5) is 12.6. The summed E-state index contributed by atoms with van der Waals surface area (Å²) in [6.45, 7) is 6.10. The van der Waals surface area contributed by atoms with Crippen LogP contribution in [0, 0.1) is 10.5 Å². The van der Waals surface area contributed by atoms with E-state index in [0.29, 0.717) is 5.57 Å². The molecule has 2 atom stereocenters. The maximum Gasteiger partial charge on any atom is 0.334 e. The highest BCUT2D eigenvalue weighted by Crippen LogP contribution is 2.47. The zero-order chi connectivity index (χ0) is 22.2. The van der Waals surface area contributed by atoms with Crippen LogP contribution in [0.25, 0.3) is 16.9 Å². The summed E-state index contributed by atoms with van der Waals surface area (Å²) in [5.41, 5.74) is 6.35. The molecule has 158 valence electrons. The van der Waals surface area contributed by atoms with Crippen LogP contribution in [0.5, 0.6) is 0 Å². The van der Waals surface area contributed by atoms with Gasteiger partial charge in [0.15, 0.2) is 6.10 Å². The lowest BCUT2D eigenvalue weighted by Crippen LogP contribution is -2.09. The molecular formula is C27H21IN2O2. The molecule has 1 aliphatic heterocycles. The fourth-order valence-corrected chi connectivity index (χ4v) is 5.09. The maximum atomic E-state index is 12.6. The third-order valence-electron chi connectivity index (χ3n) is 5.78. The Balaban J connectivity index is 1.69. The number of aryl methyl sites for hydroxylation is 1. The monoisotopic (exact) mass is 532 g/mol. The van der Waals surface area contributed by atoms with Crippen molar-refractivity contribution in [1.82, 2.24) is 9.78 Å². The molecule has 2 heterocycles. The number of halogens is 1. The standard InChI is InChI=1S/C27H21IN2O2/c1-17-13-15-19(16-14-17)22-18(2)27(31)32-26(22)24-23(28)25(20-9-5-3-6-10-20)30(29-24)21-11-7-4-8-12-21/h3-16,22,26H,2H2,1H3. The van der Waals surface area contributed by atoms with Crippen LogP contribution in [0.15, 0.2) is 97.1 Å². The lowest BCUT2D eigenvalue weighted by atomic mass is 9.87. The highest BCUT2D eigenvalue weighted by Gasteiger charge is 2.43. The second-order valence-corrected chi connectivity index (χ2v) is 8.98. The molecule has 4 aromatic rings. The molecule has 32 heavy (non-hydrogen) atoms. The zero-order valence-electron chi connectivity index (χ0n) is 17.5. The average molecular weight is 532 g/mol. The van der Waals surface area contributed by atoms with Crippen LogP contribution in [-0.4, -0.2) is 15.7 Å². The number of carbonyl (C=O) groups excluding carboxylic acids is 1. The molecule has 1 aromatic heterocycles. The fourth-order valence-electron chi connectivity index (χ4n) is 4.13. The molecule has 0 spiro atoms. The third-order valence-corrected chi connectivity index (χ3v) is 6.84. The molecule has 1 aliphatic rings. The highest BCUT2D eigenvalue weighted by atomic mass is 127. The summed E-state index contributed by atoms with van der Waals surface area (Å²) in [7, 11) is 0. The van der Waals surface area contributed by atoms with Crippen molar-refractivity contribution in [2.45, 2.75) is 18.9 Å². The summed E-state index contributed by atoms with van der Waals surface area (Å²) in [5.74, 6) is -0.647. The molecule has 1 saturated heterocycles. The van der Waals surface area contributed by atoms with E-state index in [1.165, 1.54) is 0 Å². The van der Waals surface area contributed by atoms with Gasteiger partial charge in [0.05, 0.1) is 20.9 Å². The Morgan fingerprint density at radius 3 is 2.22 bits per heavy atom. The van der Waals surface area contributed by atoms with E-state index in [-0.39, 0.29) is 11.9 Å². The van der Waals surface area contributed by atoms with Crippen LogP contribution in [0.2, 0.25) is 0 Å². The normalized spacial score (nSPS) is 18.1. The average Bonchev–Trinajstić information content (AvgIpc) is 3.32. The fraction of sp³-hybridized carbons (Fsp3) is 0.111. The SMILES string of the molecule is C=C1C(=O)OC(c2nn(-c3ccccc3)c(-c3ccccc3)c2I)C1c1ccc(C)cc1. The van der Waals surface area contributed by atoms with Gasteiger partial charge in [-0.05, 0) is 47.2 Å². The minimum absolute atomic E-state index is 0.278. The smallest absolute Gasteiger partial charge is 0.334 e. The second kappa shape index (κ2) is 8.39. The summed E-state index contributed by atoms with van der Waals surface area (Å²) in [6.07, 6.45) is -0.531. The molecule has 2 unspecified atom stereocenters. The Kier molecular flexibility index (Phi) is 5.43. The van der Waals surface area contributed by atoms with Gasteiger partial charge in [-0.3, -0.25) is 0 Å². The molecule has 5 heteroatoms. The lowest BCUT2D eigenvalue weighted by Gasteiger charge is -2.17. The predicted octanol–water partition coefficient (Wildman–Crippen LogP) is 6.39. The van der Waals surface area contributed by atoms with E-state index in [1.807, 2.05) is 84.4 Å². The highest BCUT2D eigenvalue weighted by molar-refractivity contribution is 14.1. The number of esters is 1. The van der Waals surface area contributed by atoms with Crippen LogP contribution in [0.3, 0.4) is 0 Å². The van der Waals surface area contributed by atoms with E-state index >= 15 is 0 Å². The Morgan fingerprint density at radius 1 is 0.938 bits per heavy atom. The first-order valence-electron chi connectivity index (χ1n) is 10.4. The number of ether oxygens (including phenoxy) is 1. The van der Waals surface area contributed by atoms with Crippen molar-refractivity contribution in [3.63, 3.8) is 0 Å². The van der Waals surface area contributed by atoms with Crippen molar-refractivity contribution in [3.05, 3.63) is 117 Å². The molecule has 4 nitrogen and oxygen atoms in total. The molecule has 0 saturated carbocycles. The molecule has 1 fully saturated rings. The Labute approximate surface area is 200 Å². The number of para-hydroxylation sites is 1. The number of benzene rings is 3. The Morgan fingerprint density at radius 2 is 1.56 bits per heavy atom. The summed E-state index contributed by atoms with van der Waals surface area (Å²) >= 11 is 2.33. The van der Waals surface area contributed by atoms with Gasteiger partial charge in [0.1, 0.15) is 5.69 Å². The van der Waals surface area contributed by atoms with Crippen molar-refractivity contribution in [3.8, 4) is 16.9 Å². The number of cyclic esters (lactones) is 1. The van der Waals surface area contributed by atoms with E-state index in [2.05, 4.69) is 41.3 Å². The number of hydrogen-bond acceptors (Lipinski definition) is 3. The molecule has 0 bridgehead atoms. The number of nitrogens with zero attached hydrogens (tertiary/aromatic N) is 2. The number of aromatic nitrogens is 2. The minimum Gasteiger partial charge on any atom is -0.451 e. The first-order valence-corrected chi connectivity index (χ1v) is 11.5. The van der Waals surface area contributed by atoms with Crippen molar-refractivity contribution >= 4 is 28.6 Å². The van der Waals surface area contributed by atoms with Gasteiger partial charge in [-0.1, -0.05) is 84.9 Å². The van der Waals surface area contributed by atoms with E-state index in [9.17, 15) is 4.79 Å². The summed E-state index contributed by atoms with van der Waals surface area (Å²) < 4.78 is 8.76. The topological polar surface area (TPSA) is 44.1 Å². The Bertz CT molecular complexity index is 1300.